The highest BCUT2D eigenvalue weighted by Crippen LogP contribution is 2.05. The van der Waals surface area contributed by atoms with E-state index in [0.717, 1.165) is 11.8 Å². The Bertz CT molecular complexity index is 116. The molecule has 0 spiro atoms. The zero-order chi connectivity index (χ0) is 7.98. The van der Waals surface area contributed by atoms with Crippen LogP contribution in [0.2, 0.25) is 0 Å². The first-order valence-electron chi connectivity index (χ1n) is 3.38. The molecule has 0 fully saturated rings. The van der Waals surface area contributed by atoms with Gasteiger partial charge in [-0.2, -0.15) is 0 Å². The van der Waals surface area contributed by atoms with Crippen LogP contribution in [0.25, 0.3) is 0 Å². The van der Waals surface area contributed by atoms with E-state index in [2.05, 4.69) is 0 Å². The normalized spacial score (nSPS) is 9.40. The van der Waals surface area contributed by atoms with Gasteiger partial charge in [0.1, 0.15) is 5.78 Å². The molecule has 0 radical (unpaired) electrons. The molecule has 58 valence electrons. The van der Waals surface area contributed by atoms with E-state index < -0.39 is 0 Å². The van der Waals surface area contributed by atoms with Crippen molar-refractivity contribution in [3.05, 3.63) is 0 Å². The Hall–Kier alpha value is -0.310. The van der Waals surface area contributed by atoms with Crippen molar-refractivity contribution in [1.29, 1.82) is 0 Å². The number of Topliss-reactive ketones (excluding diaryl/α,β-unsaturated/α-hetero) is 1. The summed E-state index contributed by atoms with van der Waals surface area (Å²) in [6.07, 6.45) is 1.05. The maximum absolute atomic E-state index is 10.7. The molecule has 0 atom stereocenters. The molecule has 0 aliphatic carbocycles. The first-order chi connectivity index (χ1) is 4.70. The number of thioether (sulfide) groups is 1. The molecule has 2 nitrogen and oxygen atoms in total. The molecule has 0 aromatic rings. The number of rotatable bonds is 4. The van der Waals surface area contributed by atoms with Gasteiger partial charge in [-0.3, -0.25) is 9.59 Å². The fourth-order valence-electron chi connectivity index (χ4n) is 0.365. The highest BCUT2D eigenvalue weighted by molar-refractivity contribution is 8.14. The zero-order valence-corrected chi connectivity index (χ0v) is 7.16. The highest BCUT2D eigenvalue weighted by Gasteiger charge is 2.02. The van der Waals surface area contributed by atoms with Gasteiger partial charge in [-0.1, -0.05) is 25.6 Å². The van der Waals surface area contributed by atoms with E-state index >= 15 is 0 Å². The molecule has 0 rings (SSSR count). The minimum Gasteiger partial charge on any atom is -0.299 e. The summed E-state index contributed by atoms with van der Waals surface area (Å²) in [4.78, 5) is 21.3. The van der Waals surface area contributed by atoms with E-state index in [4.69, 9.17) is 0 Å². The van der Waals surface area contributed by atoms with Gasteiger partial charge in [-0.15, -0.1) is 0 Å². The maximum Gasteiger partial charge on any atom is 0.189 e. The zero-order valence-electron chi connectivity index (χ0n) is 6.35. The molecule has 0 aliphatic rings. The van der Waals surface area contributed by atoms with Crippen LogP contribution in [0, 0.1) is 0 Å². The van der Waals surface area contributed by atoms with Crippen molar-refractivity contribution in [2.24, 2.45) is 0 Å². The number of carbonyl (C=O) groups excluding carboxylic acids is 2. The van der Waals surface area contributed by atoms with E-state index in [1.165, 1.54) is 0 Å². The van der Waals surface area contributed by atoms with E-state index in [9.17, 15) is 9.59 Å². The van der Waals surface area contributed by atoms with E-state index in [-0.39, 0.29) is 10.9 Å². The lowest BCUT2D eigenvalue weighted by atomic mass is 10.4. The van der Waals surface area contributed by atoms with Crippen molar-refractivity contribution in [2.75, 3.05) is 5.75 Å². The molecule has 0 amide bonds. The van der Waals surface area contributed by atoms with Crippen molar-refractivity contribution in [2.45, 2.75) is 26.7 Å². The summed E-state index contributed by atoms with van der Waals surface area (Å²) < 4.78 is 0. The number of hydrogen-bond donors (Lipinski definition) is 0. The Kier molecular flexibility index (Phi) is 5.30. The highest BCUT2D eigenvalue weighted by atomic mass is 32.2. The molecule has 0 aromatic heterocycles. The lowest BCUT2D eigenvalue weighted by Crippen LogP contribution is -2.01. The number of ketones is 1. The van der Waals surface area contributed by atoms with E-state index in [1.54, 1.807) is 13.8 Å². The van der Waals surface area contributed by atoms with Crippen molar-refractivity contribution >= 4 is 22.7 Å². The van der Waals surface area contributed by atoms with Crippen LogP contribution in [0.5, 0.6) is 0 Å². The van der Waals surface area contributed by atoms with Crippen LogP contribution in [0.1, 0.15) is 26.7 Å². The molecule has 0 saturated carbocycles. The Morgan fingerprint density at radius 2 is 1.80 bits per heavy atom. The molecule has 10 heavy (non-hydrogen) atoms. The van der Waals surface area contributed by atoms with Crippen molar-refractivity contribution in [1.82, 2.24) is 0 Å². The monoisotopic (exact) mass is 160 g/mol. The number of carbonyl (C=O) groups is 2. The van der Waals surface area contributed by atoms with Gasteiger partial charge in [0.25, 0.3) is 0 Å². The molecular formula is C7H12O2S. The molecule has 0 aliphatic heterocycles. The van der Waals surface area contributed by atoms with Crippen LogP contribution in [-0.4, -0.2) is 16.7 Å². The smallest absolute Gasteiger partial charge is 0.189 e. The van der Waals surface area contributed by atoms with Crippen LogP contribution in [0.4, 0.5) is 0 Å². The molecule has 0 N–H and O–H groups in total. The Morgan fingerprint density at radius 1 is 1.20 bits per heavy atom. The fraction of sp³-hybridized carbons (Fsp3) is 0.714. The number of hydrogen-bond acceptors (Lipinski definition) is 3. The Morgan fingerprint density at radius 3 is 2.20 bits per heavy atom. The molecular weight excluding hydrogens is 148 g/mol. The van der Waals surface area contributed by atoms with Gasteiger partial charge in [-0.25, -0.2) is 0 Å². The SMILES string of the molecule is CCC(=O)CSC(=O)CC. The molecule has 0 bridgehead atoms. The standard InChI is InChI=1S/C7H12O2S/c1-3-6(8)5-10-7(9)4-2/h3-5H2,1-2H3. The second kappa shape index (κ2) is 5.47. The second-order valence-electron chi connectivity index (χ2n) is 1.91. The van der Waals surface area contributed by atoms with Gasteiger partial charge in [0.2, 0.25) is 0 Å². The summed E-state index contributed by atoms with van der Waals surface area (Å²) >= 11 is 1.12. The third kappa shape index (κ3) is 4.56. The maximum atomic E-state index is 10.7. The van der Waals surface area contributed by atoms with Gasteiger partial charge >= 0.3 is 0 Å². The Labute approximate surface area is 65.4 Å². The van der Waals surface area contributed by atoms with Crippen LogP contribution in [0.3, 0.4) is 0 Å². The van der Waals surface area contributed by atoms with Crippen molar-refractivity contribution in [3.63, 3.8) is 0 Å². The summed E-state index contributed by atoms with van der Waals surface area (Å²) in [7, 11) is 0. The Balaban J connectivity index is 3.35. The predicted molar refractivity (Wildman–Crippen MR) is 43.1 cm³/mol. The summed E-state index contributed by atoms with van der Waals surface area (Å²) in [5, 5.41) is 0.0989. The summed E-state index contributed by atoms with van der Waals surface area (Å²) in [6, 6.07) is 0. The van der Waals surface area contributed by atoms with Crippen LogP contribution < -0.4 is 0 Å². The van der Waals surface area contributed by atoms with Gasteiger partial charge in [-0.05, 0) is 0 Å². The van der Waals surface area contributed by atoms with Crippen molar-refractivity contribution in [3.8, 4) is 0 Å². The average molecular weight is 160 g/mol. The molecule has 0 aromatic carbocycles. The van der Waals surface area contributed by atoms with E-state index in [0.29, 0.717) is 18.6 Å². The molecule has 3 heteroatoms. The average Bonchev–Trinajstić information content (AvgIpc) is 1.99. The third-order valence-corrected chi connectivity index (χ3v) is 2.15. The summed E-state index contributed by atoms with van der Waals surface area (Å²) in [5.74, 6) is 0.496. The molecule has 0 saturated heterocycles. The van der Waals surface area contributed by atoms with Crippen LogP contribution in [0.15, 0.2) is 0 Å². The minimum absolute atomic E-state index is 0.0989. The predicted octanol–water partition coefficient (Wildman–Crippen LogP) is 1.64. The van der Waals surface area contributed by atoms with Gasteiger partial charge in [0, 0.05) is 12.8 Å². The molecule has 0 unspecified atom stereocenters. The minimum atomic E-state index is 0.0989. The van der Waals surface area contributed by atoms with E-state index in [1.807, 2.05) is 0 Å². The second-order valence-corrected chi connectivity index (χ2v) is 2.94. The van der Waals surface area contributed by atoms with Gasteiger partial charge in [0.15, 0.2) is 5.12 Å². The lowest BCUT2D eigenvalue weighted by Gasteiger charge is -1.93. The quantitative estimate of drug-likeness (QED) is 0.627. The molecule has 0 heterocycles. The lowest BCUT2D eigenvalue weighted by molar-refractivity contribution is -0.116. The first-order valence-corrected chi connectivity index (χ1v) is 4.36. The summed E-state index contributed by atoms with van der Waals surface area (Å²) in [6.45, 7) is 3.60. The fourth-order valence-corrected chi connectivity index (χ4v) is 1.10. The topological polar surface area (TPSA) is 34.1 Å². The van der Waals surface area contributed by atoms with Crippen LogP contribution in [-0.2, 0) is 9.59 Å². The third-order valence-electron chi connectivity index (χ3n) is 1.08. The van der Waals surface area contributed by atoms with Gasteiger partial charge in [0.05, 0.1) is 5.75 Å². The van der Waals surface area contributed by atoms with Crippen molar-refractivity contribution < 1.29 is 9.59 Å². The summed E-state index contributed by atoms with van der Waals surface area (Å²) in [5.41, 5.74) is 0. The largest absolute Gasteiger partial charge is 0.299 e. The first kappa shape index (κ1) is 9.69. The van der Waals surface area contributed by atoms with Crippen LogP contribution >= 0.6 is 11.8 Å². The van der Waals surface area contributed by atoms with Gasteiger partial charge < -0.3 is 0 Å².